The van der Waals surface area contributed by atoms with Crippen LogP contribution < -0.4 is 5.32 Å². The molecule has 0 unspecified atom stereocenters. The van der Waals surface area contributed by atoms with Gasteiger partial charge in [-0.25, -0.2) is 0 Å². The molecule has 1 heterocycles. The number of nitrogens with two attached hydrogens (primary N) is 1. The summed E-state index contributed by atoms with van der Waals surface area (Å²) in [5, 5.41) is 2.38. The summed E-state index contributed by atoms with van der Waals surface area (Å²) in [6, 6.07) is 4.01. The van der Waals surface area contributed by atoms with Crippen LogP contribution in [0.15, 0.2) is 34.5 Å². The Morgan fingerprint density at radius 3 is 2.88 bits per heavy atom. The van der Waals surface area contributed by atoms with Gasteiger partial charge in [-0.1, -0.05) is 25.5 Å². The molecule has 1 aromatic heterocycles. The fraction of sp³-hybridized carbons (Fsp3) is 0.600. The lowest BCUT2D eigenvalue weighted by atomic mass is 9.75. The normalized spacial score (nSPS) is 29.1. The van der Waals surface area contributed by atoms with Crippen LogP contribution in [0.2, 0.25) is 0 Å². The molecule has 2 heteroatoms. The fourth-order valence-electron chi connectivity index (χ4n) is 3.11. The molecular weight excluding hydrogens is 210 g/mol. The lowest BCUT2D eigenvalue weighted by Gasteiger charge is -2.31. The van der Waals surface area contributed by atoms with E-state index in [0.29, 0.717) is 5.92 Å². The van der Waals surface area contributed by atoms with Crippen LogP contribution in [0.25, 0.3) is 0 Å². The van der Waals surface area contributed by atoms with E-state index in [4.69, 9.17) is 4.42 Å². The van der Waals surface area contributed by atoms with Gasteiger partial charge in [0.25, 0.3) is 0 Å². The minimum absolute atomic E-state index is 0.714. The van der Waals surface area contributed by atoms with E-state index >= 15 is 0 Å². The van der Waals surface area contributed by atoms with E-state index in [-0.39, 0.29) is 0 Å². The summed E-state index contributed by atoms with van der Waals surface area (Å²) in [7, 11) is 0. The molecule has 0 bridgehead atoms. The second-order valence-electron chi connectivity index (χ2n) is 5.53. The van der Waals surface area contributed by atoms with Crippen LogP contribution in [0.1, 0.15) is 33.0 Å². The predicted molar refractivity (Wildman–Crippen MR) is 69.4 cm³/mol. The zero-order valence-electron chi connectivity index (χ0n) is 11.1. The van der Waals surface area contributed by atoms with Gasteiger partial charge in [0.2, 0.25) is 0 Å². The maximum absolute atomic E-state index is 5.35. The van der Waals surface area contributed by atoms with Crippen LogP contribution in [0.5, 0.6) is 0 Å². The van der Waals surface area contributed by atoms with Gasteiger partial charge in [0.05, 0.1) is 12.8 Å². The molecule has 1 aliphatic carbocycles. The van der Waals surface area contributed by atoms with Gasteiger partial charge in [-0.15, -0.1) is 0 Å². The molecule has 1 aliphatic rings. The Hall–Kier alpha value is -1.02. The number of hydrogen-bond donors (Lipinski definition) is 1. The van der Waals surface area contributed by atoms with Crippen LogP contribution in [-0.4, -0.2) is 6.54 Å². The summed E-state index contributed by atoms with van der Waals surface area (Å²) in [5.41, 5.74) is 1.56. The number of quaternary nitrogens is 1. The lowest BCUT2D eigenvalue weighted by molar-refractivity contribution is -0.679. The molecule has 2 N–H and O–H groups in total. The highest BCUT2D eigenvalue weighted by molar-refractivity contribution is 5.08. The predicted octanol–water partition coefficient (Wildman–Crippen LogP) is 2.58. The van der Waals surface area contributed by atoms with Gasteiger partial charge in [0, 0.05) is 5.92 Å². The van der Waals surface area contributed by atoms with Crippen molar-refractivity contribution in [2.24, 2.45) is 17.8 Å². The minimum atomic E-state index is 0.714. The first-order chi connectivity index (χ1) is 8.16. The van der Waals surface area contributed by atoms with Crippen LogP contribution in [0.3, 0.4) is 0 Å². The maximum Gasteiger partial charge on any atom is 0.157 e. The molecule has 3 atom stereocenters. The molecule has 0 saturated carbocycles. The molecular formula is C15H24NO+. The third-order valence-electron chi connectivity index (χ3n) is 3.96. The number of furan rings is 1. The Balaban J connectivity index is 1.82. The van der Waals surface area contributed by atoms with E-state index in [1.165, 1.54) is 13.0 Å². The molecule has 2 rings (SSSR count). The van der Waals surface area contributed by atoms with Gasteiger partial charge in [0.15, 0.2) is 5.76 Å². The monoisotopic (exact) mass is 234 g/mol. The second kappa shape index (κ2) is 5.54. The van der Waals surface area contributed by atoms with Gasteiger partial charge < -0.3 is 9.73 Å². The van der Waals surface area contributed by atoms with Crippen molar-refractivity contribution in [2.45, 2.75) is 33.7 Å². The van der Waals surface area contributed by atoms with Crippen molar-refractivity contribution in [2.75, 3.05) is 6.54 Å². The number of rotatable bonds is 4. The van der Waals surface area contributed by atoms with E-state index in [1.807, 2.05) is 12.1 Å². The quantitative estimate of drug-likeness (QED) is 0.797. The number of hydrogen-bond acceptors (Lipinski definition) is 1. The molecule has 2 nitrogen and oxygen atoms in total. The molecule has 0 aliphatic heterocycles. The van der Waals surface area contributed by atoms with E-state index in [0.717, 1.165) is 24.1 Å². The zero-order chi connectivity index (χ0) is 12.3. The molecule has 17 heavy (non-hydrogen) atoms. The zero-order valence-corrected chi connectivity index (χ0v) is 11.1. The summed E-state index contributed by atoms with van der Waals surface area (Å²) in [6.07, 6.45) is 5.47. The van der Waals surface area contributed by atoms with E-state index in [1.54, 1.807) is 11.8 Å². The summed E-state index contributed by atoms with van der Waals surface area (Å²) in [6.45, 7) is 9.16. The second-order valence-corrected chi connectivity index (χ2v) is 5.53. The standard InChI is InChI=1S/C15H23NO/c1-11-7-12(2)15(13(3)8-11)10-16-9-14-5-4-6-17-14/h4-7,12-13,15-16H,8-10H2,1-3H3/p+1/t12-,13+,15+/m1/s1. The summed E-state index contributed by atoms with van der Waals surface area (Å²) in [4.78, 5) is 0. The van der Waals surface area contributed by atoms with Crippen molar-refractivity contribution in [3.63, 3.8) is 0 Å². The average molecular weight is 234 g/mol. The first-order valence-electron chi connectivity index (χ1n) is 6.68. The molecule has 1 aromatic rings. The van der Waals surface area contributed by atoms with Crippen LogP contribution in [-0.2, 0) is 6.54 Å². The fourth-order valence-corrected chi connectivity index (χ4v) is 3.11. The minimum Gasteiger partial charge on any atom is -0.463 e. The van der Waals surface area contributed by atoms with Gasteiger partial charge in [-0.3, -0.25) is 0 Å². The first-order valence-corrected chi connectivity index (χ1v) is 6.68. The molecule has 0 fully saturated rings. The van der Waals surface area contributed by atoms with Crippen molar-refractivity contribution in [1.29, 1.82) is 0 Å². The topological polar surface area (TPSA) is 29.8 Å². The smallest absolute Gasteiger partial charge is 0.157 e. The van der Waals surface area contributed by atoms with Gasteiger partial charge in [0.1, 0.15) is 6.54 Å². The third-order valence-corrected chi connectivity index (χ3v) is 3.96. The third kappa shape index (κ3) is 3.22. The molecule has 0 aromatic carbocycles. The maximum atomic E-state index is 5.35. The molecule has 0 radical (unpaired) electrons. The average Bonchev–Trinajstić information content (AvgIpc) is 2.74. The highest BCUT2D eigenvalue weighted by Gasteiger charge is 2.27. The lowest BCUT2D eigenvalue weighted by Crippen LogP contribution is -2.84. The largest absolute Gasteiger partial charge is 0.463 e. The van der Waals surface area contributed by atoms with Crippen molar-refractivity contribution in [3.05, 3.63) is 35.8 Å². The summed E-state index contributed by atoms with van der Waals surface area (Å²) < 4.78 is 5.35. The van der Waals surface area contributed by atoms with Crippen molar-refractivity contribution in [1.82, 2.24) is 0 Å². The first kappa shape index (κ1) is 12.4. The SMILES string of the molecule is CC1=C[C@@H](C)[C@H](C[NH2+]Cc2ccco2)[C@@H](C)C1. The molecule has 0 spiro atoms. The molecule has 94 valence electrons. The Bertz CT molecular complexity index is 366. The van der Waals surface area contributed by atoms with Crippen LogP contribution in [0.4, 0.5) is 0 Å². The molecule has 0 amide bonds. The van der Waals surface area contributed by atoms with Gasteiger partial charge in [-0.05, 0) is 37.3 Å². The summed E-state index contributed by atoms with van der Waals surface area (Å²) >= 11 is 0. The van der Waals surface area contributed by atoms with Crippen LogP contribution in [0, 0.1) is 17.8 Å². The van der Waals surface area contributed by atoms with E-state index < -0.39 is 0 Å². The van der Waals surface area contributed by atoms with Crippen LogP contribution >= 0.6 is 0 Å². The van der Waals surface area contributed by atoms with E-state index in [2.05, 4.69) is 32.2 Å². The Morgan fingerprint density at radius 2 is 2.24 bits per heavy atom. The van der Waals surface area contributed by atoms with Crippen molar-refractivity contribution in [3.8, 4) is 0 Å². The number of allylic oxidation sites excluding steroid dienone is 2. The van der Waals surface area contributed by atoms with Crippen molar-refractivity contribution >= 4 is 0 Å². The van der Waals surface area contributed by atoms with E-state index in [9.17, 15) is 0 Å². The Morgan fingerprint density at radius 1 is 1.41 bits per heavy atom. The summed E-state index contributed by atoms with van der Waals surface area (Å²) in [5.74, 6) is 3.40. The van der Waals surface area contributed by atoms with Gasteiger partial charge >= 0.3 is 0 Å². The Labute approximate surface area is 104 Å². The Kier molecular flexibility index (Phi) is 4.06. The van der Waals surface area contributed by atoms with Crippen molar-refractivity contribution < 1.29 is 9.73 Å². The van der Waals surface area contributed by atoms with Gasteiger partial charge in [-0.2, -0.15) is 0 Å². The highest BCUT2D eigenvalue weighted by atomic mass is 16.3. The highest BCUT2D eigenvalue weighted by Crippen LogP contribution is 2.32. The molecule has 0 saturated heterocycles.